The van der Waals surface area contributed by atoms with E-state index in [1.807, 2.05) is 4.90 Å². The summed E-state index contributed by atoms with van der Waals surface area (Å²) in [6, 6.07) is 3.39. The van der Waals surface area contributed by atoms with Crippen LogP contribution < -0.4 is 0 Å². The maximum Gasteiger partial charge on any atom is 0.289 e. The maximum atomic E-state index is 12.4. The van der Waals surface area contributed by atoms with Gasteiger partial charge < -0.3 is 19.1 Å². The van der Waals surface area contributed by atoms with Crippen molar-refractivity contribution in [1.29, 1.82) is 0 Å². The van der Waals surface area contributed by atoms with E-state index in [0.29, 0.717) is 38.5 Å². The Kier molecular flexibility index (Phi) is 4.97. The van der Waals surface area contributed by atoms with E-state index >= 15 is 0 Å². The fourth-order valence-electron chi connectivity index (χ4n) is 3.01. The van der Waals surface area contributed by atoms with Gasteiger partial charge in [-0.15, -0.1) is 0 Å². The number of hydrogen-bond acceptors (Lipinski definition) is 5. The molecule has 7 nitrogen and oxygen atoms in total. The highest BCUT2D eigenvalue weighted by molar-refractivity contribution is 5.91. The number of carbonyl (C=O) groups excluding carboxylic acids is 2. The van der Waals surface area contributed by atoms with Crippen molar-refractivity contribution < 1.29 is 14.0 Å². The summed E-state index contributed by atoms with van der Waals surface area (Å²) in [7, 11) is 2.11. The summed E-state index contributed by atoms with van der Waals surface area (Å²) < 4.78 is 5.15. The monoisotopic (exact) mass is 320 g/mol. The van der Waals surface area contributed by atoms with E-state index in [1.54, 1.807) is 17.0 Å². The molecule has 2 aliphatic heterocycles. The van der Waals surface area contributed by atoms with Crippen LogP contribution in [0.3, 0.4) is 0 Å². The zero-order chi connectivity index (χ0) is 16.2. The van der Waals surface area contributed by atoms with Crippen LogP contribution in [-0.4, -0.2) is 97.4 Å². The number of nitrogens with zero attached hydrogens (tertiary/aromatic N) is 4. The average molecular weight is 320 g/mol. The first-order valence-corrected chi connectivity index (χ1v) is 8.15. The summed E-state index contributed by atoms with van der Waals surface area (Å²) in [5.74, 6) is 0.433. The van der Waals surface area contributed by atoms with Crippen molar-refractivity contribution in [3.8, 4) is 0 Å². The number of hydrogen-bond donors (Lipinski definition) is 0. The van der Waals surface area contributed by atoms with Crippen molar-refractivity contribution in [3.05, 3.63) is 24.2 Å². The number of carbonyl (C=O) groups is 2. The van der Waals surface area contributed by atoms with Gasteiger partial charge in [-0.25, -0.2) is 0 Å². The smallest absolute Gasteiger partial charge is 0.289 e. The first kappa shape index (κ1) is 16.0. The third-order valence-electron chi connectivity index (χ3n) is 4.61. The molecule has 2 aliphatic rings. The standard InChI is InChI=1S/C16H24N4O3/c1-17-4-6-18(7-5-17)13-15(21)19-8-10-20(11-9-19)16(22)14-3-2-12-23-14/h2-3,12H,4-11,13H2,1H3. The fourth-order valence-corrected chi connectivity index (χ4v) is 3.01. The number of rotatable bonds is 3. The van der Waals surface area contributed by atoms with Crippen molar-refractivity contribution in [2.75, 3.05) is 66.0 Å². The van der Waals surface area contributed by atoms with Crippen LogP contribution in [0.25, 0.3) is 0 Å². The minimum absolute atomic E-state index is 0.0961. The highest BCUT2D eigenvalue weighted by Gasteiger charge is 2.27. The van der Waals surface area contributed by atoms with Gasteiger partial charge in [0, 0.05) is 52.4 Å². The topological polar surface area (TPSA) is 60.2 Å². The molecule has 23 heavy (non-hydrogen) atoms. The molecule has 0 aliphatic carbocycles. The van der Waals surface area contributed by atoms with Gasteiger partial charge in [-0.3, -0.25) is 14.5 Å². The summed E-state index contributed by atoms with van der Waals surface area (Å²) in [5, 5.41) is 0. The lowest BCUT2D eigenvalue weighted by Gasteiger charge is -2.37. The molecular weight excluding hydrogens is 296 g/mol. The molecule has 3 rings (SSSR count). The Hall–Kier alpha value is -1.86. The summed E-state index contributed by atoms with van der Waals surface area (Å²) in [5.41, 5.74) is 0. The zero-order valence-electron chi connectivity index (χ0n) is 13.6. The molecule has 1 aromatic rings. The number of likely N-dealkylation sites (N-methyl/N-ethyl adjacent to an activating group) is 1. The van der Waals surface area contributed by atoms with Gasteiger partial charge in [0.1, 0.15) is 0 Å². The highest BCUT2D eigenvalue weighted by atomic mass is 16.3. The largest absolute Gasteiger partial charge is 0.459 e. The molecule has 2 fully saturated rings. The Morgan fingerprint density at radius 3 is 2.26 bits per heavy atom. The number of furan rings is 1. The van der Waals surface area contributed by atoms with Crippen molar-refractivity contribution in [2.24, 2.45) is 0 Å². The summed E-state index contributed by atoms with van der Waals surface area (Å²) >= 11 is 0. The van der Waals surface area contributed by atoms with Crippen molar-refractivity contribution in [2.45, 2.75) is 0 Å². The molecule has 0 saturated carbocycles. The first-order valence-electron chi connectivity index (χ1n) is 8.15. The van der Waals surface area contributed by atoms with Gasteiger partial charge in [0.15, 0.2) is 5.76 Å². The fraction of sp³-hybridized carbons (Fsp3) is 0.625. The lowest BCUT2D eigenvalue weighted by atomic mass is 10.2. The molecule has 0 aromatic carbocycles. The molecule has 0 radical (unpaired) electrons. The van der Waals surface area contributed by atoms with E-state index in [0.717, 1.165) is 26.2 Å². The van der Waals surface area contributed by atoms with E-state index in [4.69, 9.17) is 4.42 Å². The third kappa shape index (κ3) is 3.92. The molecule has 1 aromatic heterocycles. The second-order valence-electron chi connectivity index (χ2n) is 6.23. The van der Waals surface area contributed by atoms with Crippen LogP contribution >= 0.6 is 0 Å². The van der Waals surface area contributed by atoms with Gasteiger partial charge >= 0.3 is 0 Å². The summed E-state index contributed by atoms with van der Waals surface area (Å²) in [4.78, 5) is 32.7. The molecule has 0 atom stereocenters. The zero-order valence-corrected chi connectivity index (χ0v) is 13.6. The Morgan fingerprint density at radius 1 is 1.00 bits per heavy atom. The SMILES string of the molecule is CN1CCN(CC(=O)N2CCN(C(=O)c3ccco3)CC2)CC1. The molecular formula is C16H24N4O3. The van der Waals surface area contributed by atoms with Crippen LogP contribution in [0.5, 0.6) is 0 Å². The van der Waals surface area contributed by atoms with Gasteiger partial charge in [0.2, 0.25) is 5.91 Å². The Morgan fingerprint density at radius 2 is 1.65 bits per heavy atom. The average Bonchev–Trinajstić information content (AvgIpc) is 3.11. The molecule has 0 spiro atoms. The number of amides is 2. The van der Waals surface area contributed by atoms with Crippen molar-refractivity contribution in [3.63, 3.8) is 0 Å². The Balaban J connectivity index is 1.45. The van der Waals surface area contributed by atoms with E-state index in [1.165, 1.54) is 6.26 Å². The minimum Gasteiger partial charge on any atom is -0.459 e. The molecule has 0 bridgehead atoms. The number of piperazine rings is 2. The van der Waals surface area contributed by atoms with Gasteiger partial charge in [0.05, 0.1) is 12.8 Å². The van der Waals surface area contributed by atoms with Crippen LogP contribution in [0.15, 0.2) is 22.8 Å². The molecule has 0 N–H and O–H groups in total. The second-order valence-corrected chi connectivity index (χ2v) is 6.23. The summed E-state index contributed by atoms with van der Waals surface area (Å²) in [6.45, 7) is 6.72. The minimum atomic E-state index is -0.0961. The van der Waals surface area contributed by atoms with E-state index in [2.05, 4.69) is 16.8 Å². The normalized spacial score (nSPS) is 20.7. The van der Waals surface area contributed by atoms with Crippen LogP contribution in [0.4, 0.5) is 0 Å². The van der Waals surface area contributed by atoms with E-state index < -0.39 is 0 Å². The molecule has 7 heteroatoms. The maximum absolute atomic E-state index is 12.4. The quantitative estimate of drug-likeness (QED) is 0.773. The molecule has 2 amide bonds. The van der Waals surface area contributed by atoms with E-state index in [-0.39, 0.29) is 11.8 Å². The summed E-state index contributed by atoms with van der Waals surface area (Å²) in [6.07, 6.45) is 1.50. The van der Waals surface area contributed by atoms with Gasteiger partial charge in [-0.2, -0.15) is 0 Å². The van der Waals surface area contributed by atoms with Crippen LogP contribution in [0.1, 0.15) is 10.6 Å². The highest BCUT2D eigenvalue weighted by Crippen LogP contribution is 2.10. The molecule has 3 heterocycles. The Labute approximate surface area is 136 Å². The molecule has 2 saturated heterocycles. The second kappa shape index (κ2) is 7.14. The third-order valence-corrected chi connectivity index (χ3v) is 4.61. The first-order chi connectivity index (χ1) is 11.1. The van der Waals surface area contributed by atoms with Gasteiger partial charge in [-0.1, -0.05) is 0 Å². The molecule has 126 valence electrons. The predicted octanol–water partition coefficient (Wildman–Crippen LogP) is -0.189. The molecule has 0 unspecified atom stereocenters. The van der Waals surface area contributed by atoms with Gasteiger partial charge in [-0.05, 0) is 19.2 Å². The Bertz CT molecular complexity index is 530. The lowest BCUT2D eigenvalue weighted by molar-refractivity contribution is -0.134. The van der Waals surface area contributed by atoms with E-state index in [9.17, 15) is 9.59 Å². The lowest BCUT2D eigenvalue weighted by Crippen LogP contribution is -2.54. The van der Waals surface area contributed by atoms with Gasteiger partial charge in [0.25, 0.3) is 5.91 Å². The van der Waals surface area contributed by atoms with Crippen LogP contribution in [-0.2, 0) is 4.79 Å². The predicted molar refractivity (Wildman–Crippen MR) is 85.1 cm³/mol. The van der Waals surface area contributed by atoms with Crippen LogP contribution in [0.2, 0.25) is 0 Å². The van der Waals surface area contributed by atoms with Crippen molar-refractivity contribution >= 4 is 11.8 Å². The van der Waals surface area contributed by atoms with Crippen LogP contribution in [0, 0.1) is 0 Å². The van der Waals surface area contributed by atoms with Crippen molar-refractivity contribution in [1.82, 2.24) is 19.6 Å².